The number of thiazole rings is 1. The molecule has 0 spiro atoms. The van der Waals surface area contributed by atoms with Gasteiger partial charge in [0, 0.05) is 23.7 Å². The van der Waals surface area contributed by atoms with Crippen molar-refractivity contribution in [2.75, 3.05) is 0 Å². The van der Waals surface area contributed by atoms with Crippen molar-refractivity contribution in [3.8, 4) is 11.3 Å². The van der Waals surface area contributed by atoms with Gasteiger partial charge in [-0.3, -0.25) is 4.40 Å². The number of imidazole rings is 1. The maximum Gasteiger partial charge on any atom is 0.194 e. The van der Waals surface area contributed by atoms with Crippen LogP contribution in [0.15, 0.2) is 29.8 Å². The summed E-state index contributed by atoms with van der Waals surface area (Å²) in [4.78, 5) is 5.51. The second-order valence-electron chi connectivity index (χ2n) is 3.80. The predicted molar refractivity (Wildman–Crippen MR) is 76.4 cm³/mol. The van der Waals surface area contributed by atoms with E-state index in [0.29, 0.717) is 16.6 Å². The highest BCUT2D eigenvalue weighted by Crippen LogP contribution is 2.31. The summed E-state index contributed by atoms with van der Waals surface area (Å²) in [5.74, 6) is 0. The number of benzene rings is 1. The molecule has 18 heavy (non-hydrogen) atoms. The molecular formula is C12H9Cl2N3S. The first-order valence-corrected chi connectivity index (χ1v) is 6.94. The monoisotopic (exact) mass is 297 g/mol. The number of halogens is 2. The standard InChI is InChI=1S/C12H9Cl2N3S/c13-8-2-1-7(5-9(8)14)11-10(6-15)17-3-4-18-12(17)16-11/h1-5H,6,15H2. The molecule has 92 valence electrons. The molecule has 0 amide bonds. The van der Waals surface area contributed by atoms with Crippen LogP contribution in [0.1, 0.15) is 5.69 Å². The summed E-state index contributed by atoms with van der Waals surface area (Å²) < 4.78 is 2.00. The first-order chi connectivity index (χ1) is 8.70. The lowest BCUT2D eigenvalue weighted by Gasteiger charge is -2.03. The maximum atomic E-state index is 6.04. The summed E-state index contributed by atoms with van der Waals surface area (Å²) in [6.45, 7) is 0.424. The Morgan fingerprint density at radius 3 is 2.83 bits per heavy atom. The molecular weight excluding hydrogens is 289 g/mol. The van der Waals surface area contributed by atoms with Crippen LogP contribution in [-0.4, -0.2) is 9.38 Å². The van der Waals surface area contributed by atoms with Crippen LogP contribution in [0.25, 0.3) is 16.2 Å². The van der Waals surface area contributed by atoms with Crippen molar-refractivity contribution in [3.63, 3.8) is 0 Å². The van der Waals surface area contributed by atoms with Gasteiger partial charge in [-0.25, -0.2) is 4.98 Å². The smallest absolute Gasteiger partial charge is 0.194 e. The Balaban J connectivity index is 2.23. The molecule has 3 rings (SSSR count). The first kappa shape index (κ1) is 12.0. The van der Waals surface area contributed by atoms with Crippen molar-refractivity contribution in [2.24, 2.45) is 5.73 Å². The lowest BCUT2D eigenvalue weighted by atomic mass is 10.1. The highest BCUT2D eigenvalue weighted by Gasteiger charge is 2.14. The van der Waals surface area contributed by atoms with Crippen LogP contribution >= 0.6 is 34.5 Å². The predicted octanol–water partition coefficient (Wildman–Crippen LogP) is 3.83. The quantitative estimate of drug-likeness (QED) is 0.781. The molecule has 0 atom stereocenters. The van der Waals surface area contributed by atoms with Crippen molar-refractivity contribution in [1.82, 2.24) is 9.38 Å². The minimum absolute atomic E-state index is 0.424. The molecule has 0 unspecified atom stereocenters. The molecule has 0 saturated heterocycles. The molecule has 0 saturated carbocycles. The highest BCUT2D eigenvalue weighted by atomic mass is 35.5. The largest absolute Gasteiger partial charge is 0.325 e. The minimum atomic E-state index is 0.424. The summed E-state index contributed by atoms with van der Waals surface area (Å²) in [6.07, 6.45) is 1.97. The third kappa shape index (κ3) is 1.82. The molecule has 3 aromatic rings. The van der Waals surface area contributed by atoms with Gasteiger partial charge in [-0.1, -0.05) is 29.3 Å². The van der Waals surface area contributed by atoms with Gasteiger partial charge in [0.2, 0.25) is 0 Å². The Labute approximate surface area is 118 Å². The summed E-state index contributed by atoms with van der Waals surface area (Å²) >= 11 is 13.5. The van der Waals surface area contributed by atoms with Crippen LogP contribution in [0.2, 0.25) is 10.0 Å². The van der Waals surface area contributed by atoms with Gasteiger partial charge in [0.25, 0.3) is 0 Å². The molecule has 0 aliphatic carbocycles. The maximum absolute atomic E-state index is 6.04. The normalized spacial score (nSPS) is 11.3. The zero-order chi connectivity index (χ0) is 12.7. The fourth-order valence-electron chi connectivity index (χ4n) is 1.90. The van der Waals surface area contributed by atoms with Crippen LogP contribution in [0.5, 0.6) is 0 Å². The van der Waals surface area contributed by atoms with Crippen LogP contribution < -0.4 is 5.73 Å². The van der Waals surface area contributed by atoms with E-state index in [1.54, 1.807) is 17.4 Å². The minimum Gasteiger partial charge on any atom is -0.325 e. The molecule has 0 fully saturated rings. The van der Waals surface area contributed by atoms with Gasteiger partial charge in [0.05, 0.1) is 21.4 Å². The van der Waals surface area contributed by atoms with Gasteiger partial charge in [-0.15, -0.1) is 11.3 Å². The van der Waals surface area contributed by atoms with Crippen LogP contribution in [0, 0.1) is 0 Å². The number of aromatic nitrogens is 2. The van der Waals surface area contributed by atoms with Gasteiger partial charge in [0.1, 0.15) is 0 Å². The van der Waals surface area contributed by atoms with E-state index in [0.717, 1.165) is 21.9 Å². The van der Waals surface area contributed by atoms with Gasteiger partial charge in [-0.2, -0.15) is 0 Å². The number of nitrogens with zero attached hydrogens (tertiary/aromatic N) is 2. The second-order valence-corrected chi connectivity index (χ2v) is 5.48. The number of rotatable bonds is 2. The molecule has 2 aromatic heterocycles. The van der Waals surface area contributed by atoms with E-state index in [-0.39, 0.29) is 0 Å². The molecule has 0 radical (unpaired) electrons. The SMILES string of the molecule is NCc1c(-c2ccc(Cl)c(Cl)c2)nc2sccn12. The van der Waals surface area contributed by atoms with Gasteiger partial charge in [-0.05, 0) is 12.1 Å². The molecule has 0 bridgehead atoms. The summed E-state index contributed by atoms with van der Waals surface area (Å²) in [5, 5.41) is 3.05. The Hall–Kier alpha value is -1.07. The Bertz CT molecular complexity index is 717. The number of nitrogens with two attached hydrogens (primary N) is 1. The lowest BCUT2D eigenvalue weighted by molar-refractivity contribution is 0.970. The van der Waals surface area contributed by atoms with Gasteiger partial charge in [0.15, 0.2) is 4.96 Å². The fraction of sp³-hybridized carbons (Fsp3) is 0.0833. The Kier molecular flexibility index (Phi) is 3.03. The van der Waals surface area contributed by atoms with Crippen LogP contribution in [-0.2, 0) is 6.54 Å². The van der Waals surface area contributed by atoms with Crippen LogP contribution in [0.3, 0.4) is 0 Å². The Morgan fingerprint density at radius 1 is 1.28 bits per heavy atom. The topological polar surface area (TPSA) is 43.3 Å². The van der Waals surface area contributed by atoms with E-state index in [2.05, 4.69) is 4.98 Å². The van der Waals surface area contributed by atoms with E-state index in [9.17, 15) is 0 Å². The van der Waals surface area contributed by atoms with Crippen molar-refractivity contribution in [2.45, 2.75) is 6.54 Å². The van der Waals surface area contributed by atoms with Crippen molar-refractivity contribution in [1.29, 1.82) is 0 Å². The average molecular weight is 298 g/mol. The highest BCUT2D eigenvalue weighted by molar-refractivity contribution is 7.15. The van der Waals surface area contributed by atoms with Crippen molar-refractivity contribution in [3.05, 3.63) is 45.5 Å². The molecule has 2 N–H and O–H groups in total. The van der Waals surface area contributed by atoms with E-state index in [1.165, 1.54) is 0 Å². The van der Waals surface area contributed by atoms with Crippen LogP contribution in [0.4, 0.5) is 0 Å². The third-order valence-electron chi connectivity index (χ3n) is 2.75. The average Bonchev–Trinajstić information content (AvgIpc) is 2.92. The van der Waals surface area contributed by atoms with Gasteiger partial charge >= 0.3 is 0 Å². The van der Waals surface area contributed by atoms with Gasteiger partial charge < -0.3 is 5.73 Å². The summed E-state index contributed by atoms with van der Waals surface area (Å²) in [7, 11) is 0. The summed E-state index contributed by atoms with van der Waals surface area (Å²) in [6, 6.07) is 5.49. The van der Waals surface area contributed by atoms with E-state index in [1.807, 2.05) is 28.1 Å². The number of hydrogen-bond acceptors (Lipinski definition) is 3. The summed E-state index contributed by atoms with van der Waals surface area (Å²) in [5.41, 5.74) is 8.58. The molecule has 1 aromatic carbocycles. The molecule has 6 heteroatoms. The number of hydrogen-bond donors (Lipinski definition) is 1. The molecule has 3 nitrogen and oxygen atoms in total. The first-order valence-electron chi connectivity index (χ1n) is 5.30. The van der Waals surface area contributed by atoms with Crippen molar-refractivity contribution < 1.29 is 0 Å². The van der Waals surface area contributed by atoms with E-state index in [4.69, 9.17) is 28.9 Å². The zero-order valence-electron chi connectivity index (χ0n) is 9.23. The Morgan fingerprint density at radius 2 is 2.11 bits per heavy atom. The third-order valence-corrected chi connectivity index (χ3v) is 4.24. The second kappa shape index (κ2) is 4.55. The number of fused-ring (bicyclic) bond motifs is 1. The lowest BCUT2D eigenvalue weighted by Crippen LogP contribution is -2.01. The van der Waals surface area contributed by atoms with Crippen molar-refractivity contribution >= 4 is 39.5 Å². The zero-order valence-corrected chi connectivity index (χ0v) is 11.6. The van der Waals surface area contributed by atoms with E-state index >= 15 is 0 Å². The molecule has 0 aliphatic heterocycles. The molecule has 0 aliphatic rings. The fourth-order valence-corrected chi connectivity index (χ4v) is 2.93. The molecule has 2 heterocycles. The van der Waals surface area contributed by atoms with E-state index < -0.39 is 0 Å².